The van der Waals surface area contributed by atoms with Crippen LogP contribution in [-0.2, 0) is 5.41 Å². The van der Waals surface area contributed by atoms with Crippen LogP contribution in [-0.4, -0.2) is 6.54 Å². The monoisotopic (exact) mass is 223 g/mol. The number of aryl methyl sites for hydroxylation is 1. The number of hydrogen-bond acceptors (Lipinski definition) is 2. The van der Waals surface area contributed by atoms with E-state index in [-0.39, 0.29) is 10.7 Å². The largest absolute Gasteiger partial charge is 0.329 e. The first-order chi connectivity index (χ1) is 6.86. The van der Waals surface area contributed by atoms with E-state index in [1.165, 1.54) is 16.7 Å². The molecular formula is C13H21NS. The van der Waals surface area contributed by atoms with E-state index in [0.29, 0.717) is 6.54 Å². The molecule has 0 aliphatic heterocycles. The van der Waals surface area contributed by atoms with Gasteiger partial charge < -0.3 is 5.73 Å². The second-order valence-electron chi connectivity index (χ2n) is 5.07. The second kappa shape index (κ2) is 4.58. The highest BCUT2D eigenvalue weighted by Crippen LogP contribution is 2.29. The van der Waals surface area contributed by atoms with Crippen LogP contribution in [0.5, 0.6) is 0 Å². The summed E-state index contributed by atoms with van der Waals surface area (Å²) in [5.41, 5.74) is 9.71. The highest BCUT2D eigenvalue weighted by molar-refractivity contribution is 7.80. The first kappa shape index (κ1) is 12.6. The maximum atomic E-state index is 5.66. The normalized spacial score (nSPS) is 14.0. The molecule has 1 aromatic carbocycles. The van der Waals surface area contributed by atoms with E-state index in [4.69, 9.17) is 5.73 Å². The van der Waals surface area contributed by atoms with Crippen LogP contribution in [0.4, 0.5) is 0 Å². The maximum absolute atomic E-state index is 5.66. The summed E-state index contributed by atoms with van der Waals surface area (Å²) in [7, 11) is 0. The molecule has 84 valence electrons. The number of hydrogen-bond donors (Lipinski definition) is 2. The number of nitrogens with two attached hydrogens (primary N) is 1. The van der Waals surface area contributed by atoms with Crippen molar-refractivity contribution in [3.05, 3.63) is 34.9 Å². The highest BCUT2D eigenvalue weighted by atomic mass is 32.1. The summed E-state index contributed by atoms with van der Waals surface area (Å²) in [6, 6.07) is 6.59. The molecule has 1 unspecified atom stereocenters. The minimum absolute atomic E-state index is 0.146. The van der Waals surface area contributed by atoms with Crippen molar-refractivity contribution >= 4 is 12.6 Å². The minimum atomic E-state index is 0.146. The number of rotatable bonds is 2. The first-order valence-electron chi connectivity index (χ1n) is 5.35. The Bertz CT molecular complexity index is 339. The van der Waals surface area contributed by atoms with E-state index in [0.717, 1.165) is 0 Å². The molecule has 0 amide bonds. The van der Waals surface area contributed by atoms with Gasteiger partial charge in [-0.15, -0.1) is 0 Å². The SMILES string of the molecule is Cc1ccc(C(C)(C)C)cc1C(S)CN. The van der Waals surface area contributed by atoms with Crippen LogP contribution < -0.4 is 5.73 Å². The predicted octanol–water partition coefficient (Wildman–Crippen LogP) is 3.22. The third-order valence-electron chi connectivity index (χ3n) is 2.73. The lowest BCUT2D eigenvalue weighted by atomic mass is 9.85. The van der Waals surface area contributed by atoms with Gasteiger partial charge in [-0.3, -0.25) is 0 Å². The van der Waals surface area contributed by atoms with E-state index >= 15 is 0 Å². The molecule has 1 atom stereocenters. The Kier molecular flexibility index (Phi) is 3.85. The van der Waals surface area contributed by atoms with Crippen molar-refractivity contribution < 1.29 is 0 Å². The van der Waals surface area contributed by atoms with Crippen LogP contribution >= 0.6 is 12.6 Å². The van der Waals surface area contributed by atoms with Gasteiger partial charge in [0.05, 0.1) is 0 Å². The van der Waals surface area contributed by atoms with Gasteiger partial charge in [-0.1, -0.05) is 39.0 Å². The van der Waals surface area contributed by atoms with Gasteiger partial charge in [0, 0.05) is 11.8 Å². The van der Waals surface area contributed by atoms with Crippen LogP contribution in [0.25, 0.3) is 0 Å². The topological polar surface area (TPSA) is 26.0 Å². The third kappa shape index (κ3) is 2.99. The molecule has 2 N–H and O–H groups in total. The standard InChI is InChI=1S/C13H21NS/c1-9-5-6-10(13(2,3)4)7-11(9)12(15)8-14/h5-7,12,15H,8,14H2,1-4H3. The van der Waals surface area contributed by atoms with E-state index in [1.54, 1.807) is 0 Å². The lowest BCUT2D eigenvalue weighted by Crippen LogP contribution is -2.14. The Labute approximate surface area is 98.5 Å². The lowest BCUT2D eigenvalue weighted by molar-refractivity contribution is 0.589. The third-order valence-corrected chi connectivity index (χ3v) is 3.22. The van der Waals surface area contributed by atoms with Crippen LogP contribution in [0.15, 0.2) is 18.2 Å². The summed E-state index contributed by atoms with van der Waals surface area (Å²) >= 11 is 4.51. The summed E-state index contributed by atoms with van der Waals surface area (Å²) in [6.07, 6.45) is 0. The van der Waals surface area contributed by atoms with Crippen molar-refractivity contribution in [2.75, 3.05) is 6.54 Å². The van der Waals surface area contributed by atoms with Crippen molar-refractivity contribution in [3.8, 4) is 0 Å². The van der Waals surface area contributed by atoms with Crippen molar-refractivity contribution in [2.24, 2.45) is 5.73 Å². The van der Waals surface area contributed by atoms with Gasteiger partial charge in [0.15, 0.2) is 0 Å². The molecule has 0 saturated heterocycles. The van der Waals surface area contributed by atoms with Crippen LogP contribution in [0.3, 0.4) is 0 Å². The molecule has 0 aliphatic rings. The molecule has 0 spiro atoms. The first-order valence-corrected chi connectivity index (χ1v) is 5.87. The Morgan fingerprint density at radius 1 is 1.33 bits per heavy atom. The van der Waals surface area contributed by atoms with E-state index in [9.17, 15) is 0 Å². The van der Waals surface area contributed by atoms with Crippen LogP contribution in [0, 0.1) is 6.92 Å². The average molecular weight is 223 g/mol. The van der Waals surface area contributed by atoms with E-state index in [1.807, 2.05) is 0 Å². The molecule has 0 fully saturated rings. The summed E-state index contributed by atoms with van der Waals surface area (Å²) in [5.74, 6) is 0. The highest BCUT2D eigenvalue weighted by Gasteiger charge is 2.16. The van der Waals surface area contributed by atoms with Crippen molar-refractivity contribution in [1.29, 1.82) is 0 Å². The van der Waals surface area contributed by atoms with E-state index in [2.05, 4.69) is 58.5 Å². The molecule has 1 nitrogen and oxygen atoms in total. The van der Waals surface area contributed by atoms with Gasteiger partial charge in [0.25, 0.3) is 0 Å². The molecule has 0 heterocycles. The second-order valence-corrected chi connectivity index (χ2v) is 5.70. The van der Waals surface area contributed by atoms with Crippen LogP contribution in [0.2, 0.25) is 0 Å². The summed E-state index contributed by atoms with van der Waals surface area (Å²) in [5, 5.41) is 0.146. The lowest BCUT2D eigenvalue weighted by Gasteiger charge is -2.22. The van der Waals surface area contributed by atoms with E-state index < -0.39 is 0 Å². The molecule has 15 heavy (non-hydrogen) atoms. The predicted molar refractivity (Wildman–Crippen MR) is 70.7 cm³/mol. The number of thiol groups is 1. The number of benzene rings is 1. The summed E-state index contributed by atoms with van der Waals surface area (Å²) in [4.78, 5) is 0. The molecule has 0 aliphatic carbocycles. The molecule has 1 rings (SSSR count). The molecule has 0 radical (unpaired) electrons. The van der Waals surface area contributed by atoms with Gasteiger partial charge in [-0.25, -0.2) is 0 Å². The zero-order valence-electron chi connectivity index (χ0n) is 10.0. The van der Waals surface area contributed by atoms with Crippen molar-refractivity contribution in [2.45, 2.75) is 38.4 Å². The maximum Gasteiger partial charge on any atom is 0.0392 e. The fourth-order valence-electron chi connectivity index (χ4n) is 1.59. The molecule has 0 bridgehead atoms. The van der Waals surface area contributed by atoms with Gasteiger partial charge in [0.2, 0.25) is 0 Å². The van der Waals surface area contributed by atoms with Gasteiger partial charge >= 0.3 is 0 Å². The van der Waals surface area contributed by atoms with Gasteiger partial charge in [-0.2, -0.15) is 12.6 Å². The quantitative estimate of drug-likeness (QED) is 0.740. The average Bonchev–Trinajstić information content (AvgIpc) is 2.15. The zero-order chi connectivity index (χ0) is 11.6. The smallest absolute Gasteiger partial charge is 0.0392 e. The molecule has 2 heteroatoms. The zero-order valence-corrected chi connectivity index (χ0v) is 10.9. The molecular weight excluding hydrogens is 202 g/mol. The summed E-state index contributed by atoms with van der Waals surface area (Å²) < 4.78 is 0. The summed E-state index contributed by atoms with van der Waals surface area (Å²) in [6.45, 7) is 9.35. The van der Waals surface area contributed by atoms with Crippen molar-refractivity contribution in [3.63, 3.8) is 0 Å². The van der Waals surface area contributed by atoms with Crippen molar-refractivity contribution in [1.82, 2.24) is 0 Å². The Balaban J connectivity index is 3.17. The Hall–Kier alpha value is -0.470. The minimum Gasteiger partial charge on any atom is -0.329 e. The molecule has 0 saturated carbocycles. The fourth-order valence-corrected chi connectivity index (χ4v) is 1.87. The van der Waals surface area contributed by atoms with Gasteiger partial charge in [0.1, 0.15) is 0 Å². The fraction of sp³-hybridized carbons (Fsp3) is 0.538. The Morgan fingerprint density at radius 2 is 1.93 bits per heavy atom. The van der Waals surface area contributed by atoms with Crippen LogP contribution in [0.1, 0.15) is 42.7 Å². The Morgan fingerprint density at radius 3 is 2.40 bits per heavy atom. The molecule has 1 aromatic rings. The van der Waals surface area contributed by atoms with Gasteiger partial charge in [-0.05, 0) is 29.0 Å². The molecule has 0 aromatic heterocycles.